The van der Waals surface area contributed by atoms with Crippen LogP contribution in [0.5, 0.6) is 0 Å². The first kappa shape index (κ1) is 9.05. The summed E-state index contributed by atoms with van der Waals surface area (Å²) >= 11 is 0. The van der Waals surface area contributed by atoms with E-state index in [2.05, 4.69) is 0 Å². The van der Waals surface area contributed by atoms with Gasteiger partial charge in [-0.3, -0.25) is 5.73 Å². The van der Waals surface area contributed by atoms with Crippen molar-refractivity contribution in [2.24, 2.45) is 0 Å². The molecule has 0 heterocycles. The molecule has 0 saturated heterocycles. The molecule has 11 heavy (non-hydrogen) atoms. The number of hydrogen-bond donors (Lipinski definition) is 0. The molecule has 1 aliphatic rings. The van der Waals surface area contributed by atoms with E-state index in [1.54, 1.807) is 0 Å². The Morgan fingerprint density at radius 2 is 1.00 bits per heavy atom. The Morgan fingerprint density at radius 1 is 0.636 bits per heavy atom. The van der Waals surface area contributed by atoms with Crippen LogP contribution in [0.25, 0.3) is 0 Å². The number of rotatable bonds is 0. The summed E-state index contributed by atoms with van der Waals surface area (Å²) < 4.78 is 0. The largest absolute Gasteiger partial charge is 0.255 e. The molecule has 1 N–H and O–H groups in total. The fraction of sp³-hybridized carbons (Fsp3) is 1.00. The highest BCUT2D eigenvalue weighted by atomic mass is 14.6. The van der Waals surface area contributed by atoms with Gasteiger partial charge in [0.15, 0.2) is 0 Å². The Labute approximate surface area is 70.4 Å². The predicted molar refractivity (Wildman–Crippen MR) is 48.4 cm³/mol. The van der Waals surface area contributed by atoms with Gasteiger partial charge in [0.05, 0.1) is 0 Å². The molecular formula is C10H20N. The normalized spacial score (nSPS) is 24.8. The van der Waals surface area contributed by atoms with Crippen LogP contribution in [0.1, 0.15) is 57.8 Å². The molecule has 0 aromatic carbocycles. The molecule has 1 aliphatic carbocycles. The first-order chi connectivity index (χ1) is 5.39. The minimum absolute atomic E-state index is 0.257. The van der Waals surface area contributed by atoms with Gasteiger partial charge in [-0.1, -0.05) is 44.9 Å². The first-order valence-corrected chi connectivity index (χ1v) is 5.11. The van der Waals surface area contributed by atoms with Gasteiger partial charge < -0.3 is 0 Å². The second-order valence-electron chi connectivity index (χ2n) is 3.75. The third-order valence-corrected chi connectivity index (χ3v) is 2.61. The summed E-state index contributed by atoms with van der Waals surface area (Å²) in [5, 5.41) is 0. The lowest BCUT2D eigenvalue weighted by molar-refractivity contribution is 0.453. The van der Waals surface area contributed by atoms with E-state index in [0.717, 1.165) is 12.8 Å². The van der Waals surface area contributed by atoms with Crippen molar-refractivity contribution in [1.82, 2.24) is 5.73 Å². The smallest absolute Gasteiger partial charge is 0.0213 e. The van der Waals surface area contributed by atoms with Gasteiger partial charge >= 0.3 is 0 Å². The minimum atomic E-state index is 0.257. The second kappa shape index (κ2) is 5.59. The van der Waals surface area contributed by atoms with Crippen LogP contribution >= 0.6 is 0 Å². The van der Waals surface area contributed by atoms with E-state index >= 15 is 0 Å². The van der Waals surface area contributed by atoms with Crippen LogP contribution in [0.15, 0.2) is 0 Å². The fourth-order valence-corrected chi connectivity index (χ4v) is 1.81. The topological polar surface area (TPSA) is 23.8 Å². The lowest BCUT2D eigenvalue weighted by Gasteiger charge is -2.12. The van der Waals surface area contributed by atoms with Crippen LogP contribution in [0.4, 0.5) is 0 Å². The molecule has 0 bridgehead atoms. The molecule has 0 aromatic rings. The standard InChI is InChI=1S/C10H20N/c11-10-8-6-4-2-1-3-5-7-9-10/h10-11H,1-9H2. The van der Waals surface area contributed by atoms with Crippen LogP contribution in [-0.2, 0) is 0 Å². The molecule has 1 fully saturated rings. The van der Waals surface area contributed by atoms with Crippen LogP contribution < -0.4 is 5.73 Å². The molecule has 1 radical (unpaired) electrons. The van der Waals surface area contributed by atoms with Crippen molar-refractivity contribution in [3.63, 3.8) is 0 Å². The Kier molecular flexibility index (Phi) is 4.60. The lowest BCUT2D eigenvalue weighted by Crippen LogP contribution is -2.09. The van der Waals surface area contributed by atoms with E-state index in [1.807, 2.05) is 0 Å². The maximum Gasteiger partial charge on any atom is 0.0213 e. The minimum Gasteiger partial charge on any atom is -0.255 e. The van der Waals surface area contributed by atoms with Gasteiger partial charge in [-0.15, -0.1) is 0 Å². The molecule has 0 amide bonds. The average molecular weight is 154 g/mol. The van der Waals surface area contributed by atoms with Gasteiger partial charge in [0.2, 0.25) is 0 Å². The van der Waals surface area contributed by atoms with Crippen molar-refractivity contribution in [3.8, 4) is 0 Å². The zero-order valence-electron chi connectivity index (χ0n) is 7.44. The molecule has 65 valence electrons. The van der Waals surface area contributed by atoms with Gasteiger partial charge in [-0.05, 0) is 12.8 Å². The van der Waals surface area contributed by atoms with Gasteiger partial charge in [-0.2, -0.15) is 0 Å². The molecule has 1 saturated carbocycles. The van der Waals surface area contributed by atoms with Gasteiger partial charge in [0.1, 0.15) is 0 Å². The Hall–Kier alpha value is -0.0400. The molecule has 1 heteroatoms. The SMILES string of the molecule is [NH]C1CCCCCCCCC1. The molecule has 0 spiro atoms. The Morgan fingerprint density at radius 3 is 1.45 bits per heavy atom. The van der Waals surface area contributed by atoms with E-state index in [-0.39, 0.29) is 6.04 Å². The molecular weight excluding hydrogens is 134 g/mol. The third-order valence-electron chi connectivity index (χ3n) is 2.61. The molecule has 0 aromatic heterocycles. The number of hydrogen-bond acceptors (Lipinski definition) is 0. The fourth-order valence-electron chi connectivity index (χ4n) is 1.81. The van der Waals surface area contributed by atoms with Crippen LogP contribution in [0.3, 0.4) is 0 Å². The highest BCUT2D eigenvalue weighted by Crippen LogP contribution is 2.15. The zero-order valence-corrected chi connectivity index (χ0v) is 7.44. The molecule has 0 atom stereocenters. The van der Waals surface area contributed by atoms with Crippen molar-refractivity contribution in [1.29, 1.82) is 0 Å². The zero-order chi connectivity index (χ0) is 7.94. The summed E-state index contributed by atoms with van der Waals surface area (Å²) in [6, 6.07) is 0.257. The predicted octanol–water partition coefficient (Wildman–Crippen LogP) is 3.16. The van der Waals surface area contributed by atoms with Gasteiger partial charge in [-0.25, -0.2) is 0 Å². The maximum absolute atomic E-state index is 7.68. The van der Waals surface area contributed by atoms with Crippen LogP contribution in [0.2, 0.25) is 0 Å². The van der Waals surface area contributed by atoms with E-state index < -0.39 is 0 Å². The van der Waals surface area contributed by atoms with E-state index in [9.17, 15) is 0 Å². The summed E-state index contributed by atoms with van der Waals surface area (Å²) in [6.07, 6.45) is 11.9. The highest BCUT2D eigenvalue weighted by Gasteiger charge is 2.04. The molecule has 1 nitrogen and oxygen atoms in total. The Balaban J connectivity index is 2.12. The van der Waals surface area contributed by atoms with Crippen molar-refractivity contribution in [3.05, 3.63) is 0 Å². The maximum atomic E-state index is 7.68. The summed E-state index contributed by atoms with van der Waals surface area (Å²) in [6.45, 7) is 0. The van der Waals surface area contributed by atoms with Crippen LogP contribution in [-0.4, -0.2) is 6.04 Å². The Bertz CT molecular complexity index is 80.9. The molecule has 0 unspecified atom stereocenters. The molecule has 1 rings (SSSR count). The summed E-state index contributed by atoms with van der Waals surface area (Å²) in [4.78, 5) is 0. The monoisotopic (exact) mass is 154 g/mol. The van der Waals surface area contributed by atoms with E-state index in [4.69, 9.17) is 5.73 Å². The van der Waals surface area contributed by atoms with Crippen molar-refractivity contribution < 1.29 is 0 Å². The summed E-state index contributed by atoms with van der Waals surface area (Å²) in [5.41, 5.74) is 7.68. The quantitative estimate of drug-likeness (QED) is 0.512. The van der Waals surface area contributed by atoms with Crippen molar-refractivity contribution in [2.75, 3.05) is 0 Å². The molecule has 0 aliphatic heterocycles. The van der Waals surface area contributed by atoms with E-state index in [0.29, 0.717) is 0 Å². The van der Waals surface area contributed by atoms with E-state index in [1.165, 1.54) is 44.9 Å². The van der Waals surface area contributed by atoms with Crippen molar-refractivity contribution in [2.45, 2.75) is 63.8 Å². The highest BCUT2D eigenvalue weighted by molar-refractivity contribution is 4.62. The van der Waals surface area contributed by atoms with Crippen molar-refractivity contribution >= 4 is 0 Å². The summed E-state index contributed by atoms with van der Waals surface area (Å²) in [7, 11) is 0. The van der Waals surface area contributed by atoms with Crippen LogP contribution in [0, 0.1) is 0 Å². The number of nitrogens with one attached hydrogen (secondary N) is 1. The average Bonchev–Trinajstić information content (AvgIpc) is 2.03. The van der Waals surface area contributed by atoms with Gasteiger partial charge in [0.25, 0.3) is 0 Å². The summed E-state index contributed by atoms with van der Waals surface area (Å²) in [5.74, 6) is 0. The van der Waals surface area contributed by atoms with Gasteiger partial charge in [0, 0.05) is 6.04 Å². The third kappa shape index (κ3) is 4.41. The lowest BCUT2D eigenvalue weighted by atomic mass is 9.98. The second-order valence-corrected chi connectivity index (χ2v) is 3.75. The first-order valence-electron chi connectivity index (χ1n) is 5.11.